The van der Waals surface area contributed by atoms with Gasteiger partial charge < -0.3 is 5.32 Å². The first-order valence-electron chi connectivity index (χ1n) is 6.35. The van der Waals surface area contributed by atoms with Crippen LogP contribution in [0, 0.1) is 5.82 Å². The highest BCUT2D eigenvalue weighted by molar-refractivity contribution is 6.36. The summed E-state index contributed by atoms with van der Waals surface area (Å²) in [7, 11) is 0. The molecule has 0 aliphatic rings. The second kappa shape index (κ2) is 7.02. The molecule has 20 heavy (non-hydrogen) atoms. The molecule has 0 radical (unpaired) electrons. The normalized spacial score (nSPS) is 12.4. The van der Waals surface area contributed by atoms with E-state index in [4.69, 9.17) is 23.2 Å². The van der Waals surface area contributed by atoms with Crippen LogP contribution >= 0.6 is 23.2 Å². The van der Waals surface area contributed by atoms with Crippen molar-refractivity contribution in [3.63, 3.8) is 0 Å². The molecule has 2 rings (SSSR count). The lowest BCUT2D eigenvalue weighted by molar-refractivity contribution is 0.567. The molecule has 0 amide bonds. The number of rotatable bonds is 5. The van der Waals surface area contributed by atoms with Crippen LogP contribution in [0.1, 0.15) is 24.1 Å². The maximum Gasteiger partial charge on any atom is 0.142 e. The van der Waals surface area contributed by atoms with Gasteiger partial charge in [0, 0.05) is 29.0 Å². The van der Waals surface area contributed by atoms with Gasteiger partial charge in [-0.1, -0.05) is 29.3 Å². The van der Waals surface area contributed by atoms with E-state index in [9.17, 15) is 4.39 Å². The van der Waals surface area contributed by atoms with Crippen LogP contribution in [0.5, 0.6) is 0 Å². The lowest BCUT2D eigenvalue weighted by Gasteiger charge is -2.17. The minimum atomic E-state index is -0.452. The Hall–Kier alpha value is -1.16. The van der Waals surface area contributed by atoms with Gasteiger partial charge in [0.25, 0.3) is 0 Å². The summed E-state index contributed by atoms with van der Waals surface area (Å²) in [5, 5.41) is 3.85. The second-order valence-electron chi connectivity index (χ2n) is 4.54. The van der Waals surface area contributed by atoms with Crippen molar-refractivity contribution in [2.45, 2.75) is 19.4 Å². The molecule has 0 aliphatic heterocycles. The fourth-order valence-corrected chi connectivity index (χ4v) is 2.72. The molecule has 106 valence electrons. The highest BCUT2D eigenvalue weighted by Gasteiger charge is 2.16. The van der Waals surface area contributed by atoms with Gasteiger partial charge in [0.1, 0.15) is 5.82 Å². The molecule has 0 bridgehead atoms. The number of aromatic nitrogens is 1. The number of benzene rings is 1. The van der Waals surface area contributed by atoms with Crippen LogP contribution in [0.15, 0.2) is 36.7 Å². The van der Waals surface area contributed by atoms with Gasteiger partial charge in [-0.25, -0.2) is 4.39 Å². The third-order valence-corrected chi connectivity index (χ3v) is 3.81. The quantitative estimate of drug-likeness (QED) is 0.827. The Labute approximate surface area is 127 Å². The predicted octanol–water partition coefficient (Wildman–Crippen LogP) is 4.42. The van der Waals surface area contributed by atoms with E-state index < -0.39 is 5.82 Å². The van der Waals surface area contributed by atoms with Crippen molar-refractivity contribution < 1.29 is 4.39 Å². The number of hydrogen-bond acceptors (Lipinski definition) is 2. The molecule has 0 fully saturated rings. The molecule has 1 aromatic heterocycles. The van der Waals surface area contributed by atoms with Crippen LogP contribution in [-0.4, -0.2) is 11.5 Å². The minimum absolute atomic E-state index is 0.0823. The Morgan fingerprint density at radius 3 is 2.80 bits per heavy atom. The van der Waals surface area contributed by atoms with Gasteiger partial charge in [0.05, 0.1) is 5.02 Å². The van der Waals surface area contributed by atoms with Crippen molar-refractivity contribution in [2.24, 2.45) is 0 Å². The van der Waals surface area contributed by atoms with Crippen LogP contribution in [-0.2, 0) is 6.42 Å². The predicted molar refractivity (Wildman–Crippen MR) is 80.8 cm³/mol. The summed E-state index contributed by atoms with van der Waals surface area (Å²) in [6, 6.07) is 6.59. The van der Waals surface area contributed by atoms with E-state index in [0.29, 0.717) is 10.6 Å². The molecule has 0 saturated carbocycles. The van der Waals surface area contributed by atoms with Crippen LogP contribution in [0.4, 0.5) is 4.39 Å². The van der Waals surface area contributed by atoms with E-state index in [2.05, 4.69) is 10.3 Å². The van der Waals surface area contributed by atoms with E-state index >= 15 is 0 Å². The van der Waals surface area contributed by atoms with Crippen LogP contribution in [0.25, 0.3) is 0 Å². The van der Waals surface area contributed by atoms with Gasteiger partial charge in [-0.15, -0.1) is 0 Å². The first-order chi connectivity index (χ1) is 9.59. The lowest BCUT2D eigenvalue weighted by Crippen LogP contribution is -2.22. The molecule has 1 aromatic carbocycles. The summed E-state index contributed by atoms with van der Waals surface area (Å²) in [6.07, 6.45) is 4.41. The number of halogens is 3. The number of pyridine rings is 1. The van der Waals surface area contributed by atoms with Crippen molar-refractivity contribution >= 4 is 23.2 Å². The van der Waals surface area contributed by atoms with Crippen LogP contribution < -0.4 is 5.32 Å². The standard InChI is InChI=1S/C15H15Cl2FN2/c1-10(14-12(16)4-5-13(18)15(14)17)20-8-6-11-3-2-7-19-9-11/h2-5,7,9-10,20H,6,8H2,1H3. The molecule has 1 heterocycles. The summed E-state index contributed by atoms with van der Waals surface area (Å²) >= 11 is 12.1. The zero-order valence-corrected chi connectivity index (χ0v) is 12.5. The zero-order chi connectivity index (χ0) is 14.5. The number of nitrogens with zero attached hydrogens (tertiary/aromatic N) is 1. The Morgan fingerprint density at radius 1 is 1.30 bits per heavy atom. The van der Waals surface area contributed by atoms with Crippen molar-refractivity contribution in [1.29, 1.82) is 0 Å². The fraction of sp³-hybridized carbons (Fsp3) is 0.267. The van der Waals surface area contributed by atoms with Crippen molar-refractivity contribution in [3.05, 3.63) is 63.6 Å². The maximum absolute atomic E-state index is 13.5. The summed E-state index contributed by atoms with van der Waals surface area (Å²) in [6.45, 7) is 2.64. The average molecular weight is 313 g/mol. The highest BCUT2D eigenvalue weighted by Crippen LogP contribution is 2.32. The summed E-state index contributed by atoms with van der Waals surface area (Å²) in [5.74, 6) is -0.452. The van der Waals surface area contributed by atoms with Gasteiger partial charge in [0.15, 0.2) is 0 Å². The van der Waals surface area contributed by atoms with E-state index in [1.54, 1.807) is 6.20 Å². The molecule has 1 unspecified atom stereocenters. The Kier molecular flexibility index (Phi) is 5.35. The number of nitrogens with one attached hydrogen (secondary N) is 1. The topological polar surface area (TPSA) is 24.9 Å². The Balaban J connectivity index is 1.99. The summed E-state index contributed by atoms with van der Waals surface area (Å²) in [5.41, 5.74) is 1.74. The lowest BCUT2D eigenvalue weighted by atomic mass is 10.1. The van der Waals surface area contributed by atoms with Gasteiger partial charge >= 0.3 is 0 Å². The first-order valence-corrected chi connectivity index (χ1v) is 7.11. The average Bonchev–Trinajstić information content (AvgIpc) is 2.44. The van der Waals surface area contributed by atoms with E-state index in [-0.39, 0.29) is 11.1 Å². The van der Waals surface area contributed by atoms with Crippen LogP contribution in [0.2, 0.25) is 10.0 Å². The minimum Gasteiger partial charge on any atom is -0.310 e. The van der Waals surface area contributed by atoms with Gasteiger partial charge in [-0.05, 0) is 43.7 Å². The second-order valence-corrected chi connectivity index (χ2v) is 5.33. The molecule has 5 heteroatoms. The maximum atomic E-state index is 13.5. The summed E-state index contributed by atoms with van der Waals surface area (Å²) < 4.78 is 13.5. The molecule has 0 saturated heterocycles. The third-order valence-electron chi connectivity index (χ3n) is 3.10. The largest absolute Gasteiger partial charge is 0.310 e. The molecule has 0 spiro atoms. The highest BCUT2D eigenvalue weighted by atomic mass is 35.5. The van der Waals surface area contributed by atoms with Gasteiger partial charge in [-0.3, -0.25) is 4.98 Å². The monoisotopic (exact) mass is 312 g/mol. The summed E-state index contributed by atoms with van der Waals surface area (Å²) in [4.78, 5) is 4.06. The molecule has 0 aliphatic carbocycles. The van der Waals surface area contributed by atoms with Crippen molar-refractivity contribution in [2.75, 3.05) is 6.54 Å². The third kappa shape index (κ3) is 3.69. The molecule has 1 atom stereocenters. The van der Waals surface area contributed by atoms with Gasteiger partial charge in [-0.2, -0.15) is 0 Å². The molecular weight excluding hydrogens is 298 g/mol. The van der Waals surface area contributed by atoms with E-state index in [1.807, 2.05) is 25.3 Å². The van der Waals surface area contributed by atoms with Crippen LogP contribution in [0.3, 0.4) is 0 Å². The first kappa shape index (κ1) is 15.2. The SMILES string of the molecule is CC(NCCc1cccnc1)c1c(Cl)ccc(F)c1Cl. The molecular formula is C15H15Cl2FN2. The molecule has 1 N–H and O–H groups in total. The molecule has 2 aromatic rings. The Morgan fingerprint density at radius 2 is 2.10 bits per heavy atom. The molecule has 2 nitrogen and oxygen atoms in total. The fourth-order valence-electron chi connectivity index (χ4n) is 2.02. The number of hydrogen-bond donors (Lipinski definition) is 1. The van der Waals surface area contributed by atoms with E-state index in [1.165, 1.54) is 12.1 Å². The Bertz CT molecular complexity index is 576. The van der Waals surface area contributed by atoms with Gasteiger partial charge in [0.2, 0.25) is 0 Å². The smallest absolute Gasteiger partial charge is 0.142 e. The van der Waals surface area contributed by atoms with Crippen molar-refractivity contribution in [1.82, 2.24) is 10.3 Å². The zero-order valence-electron chi connectivity index (χ0n) is 11.0. The van der Waals surface area contributed by atoms with E-state index in [0.717, 1.165) is 18.5 Å². The van der Waals surface area contributed by atoms with Crippen molar-refractivity contribution in [3.8, 4) is 0 Å².